The SMILES string of the molecule is O=C(Nc1ccc(Br)cc1)c1cc(Br)cnc1Cl. The third kappa shape index (κ3) is 3.31. The fraction of sp³-hybridized carbons (Fsp3) is 0. The molecular formula is C12H7Br2ClN2O. The topological polar surface area (TPSA) is 42.0 Å². The average molecular weight is 390 g/mol. The Hall–Kier alpha value is -0.910. The molecule has 0 fully saturated rings. The van der Waals surface area contributed by atoms with E-state index in [4.69, 9.17) is 11.6 Å². The molecule has 0 radical (unpaired) electrons. The Morgan fingerprint density at radius 3 is 2.50 bits per heavy atom. The van der Waals surface area contributed by atoms with Crippen LogP contribution in [0.4, 0.5) is 5.69 Å². The van der Waals surface area contributed by atoms with Crippen LogP contribution in [0.25, 0.3) is 0 Å². The van der Waals surface area contributed by atoms with Crippen LogP contribution in [0.15, 0.2) is 45.5 Å². The molecule has 0 aliphatic heterocycles. The number of anilines is 1. The highest BCUT2D eigenvalue weighted by Gasteiger charge is 2.12. The van der Waals surface area contributed by atoms with Crippen molar-refractivity contribution in [2.45, 2.75) is 0 Å². The van der Waals surface area contributed by atoms with Gasteiger partial charge in [0.1, 0.15) is 5.15 Å². The number of rotatable bonds is 2. The number of nitrogens with zero attached hydrogens (tertiary/aromatic N) is 1. The molecule has 0 atom stereocenters. The number of hydrogen-bond acceptors (Lipinski definition) is 2. The van der Waals surface area contributed by atoms with E-state index in [0.717, 1.165) is 4.47 Å². The lowest BCUT2D eigenvalue weighted by molar-refractivity contribution is 0.102. The molecule has 2 aromatic rings. The van der Waals surface area contributed by atoms with Gasteiger partial charge in [-0.05, 0) is 46.3 Å². The van der Waals surface area contributed by atoms with Gasteiger partial charge in [0.2, 0.25) is 0 Å². The number of nitrogens with one attached hydrogen (secondary N) is 1. The van der Waals surface area contributed by atoms with Crippen molar-refractivity contribution in [1.29, 1.82) is 0 Å². The van der Waals surface area contributed by atoms with E-state index in [9.17, 15) is 4.79 Å². The van der Waals surface area contributed by atoms with Crippen molar-refractivity contribution in [1.82, 2.24) is 4.98 Å². The lowest BCUT2D eigenvalue weighted by atomic mass is 10.2. The number of aromatic nitrogens is 1. The van der Waals surface area contributed by atoms with Crippen LogP contribution in [-0.4, -0.2) is 10.9 Å². The zero-order valence-corrected chi connectivity index (χ0v) is 12.9. The summed E-state index contributed by atoms with van der Waals surface area (Å²) < 4.78 is 1.65. The molecule has 1 N–H and O–H groups in total. The molecular weight excluding hydrogens is 383 g/mol. The number of amides is 1. The average Bonchev–Trinajstić information content (AvgIpc) is 2.35. The van der Waals surface area contributed by atoms with Gasteiger partial charge in [-0.1, -0.05) is 27.5 Å². The minimum absolute atomic E-state index is 0.174. The van der Waals surface area contributed by atoms with Crippen LogP contribution in [0, 0.1) is 0 Å². The van der Waals surface area contributed by atoms with E-state index in [-0.39, 0.29) is 11.1 Å². The van der Waals surface area contributed by atoms with Gasteiger partial charge in [-0.3, -0.25) is 4.79 Å². The third-order valence-electron chi connectivity index (χ3n) is 2.15. The summed E-state index contributed by atoms with van der Waals surface area (Å²) in [6.45, 7) is 0. The Bertz CT molecular complexity index is 587. The predicted molar refractivity (Wildman–Crippen MR) is 79.0 cm³/mol. The Morgan fingerprint density at radius 2 is 1.83 bits per heavy atom. The molecule has 0 unspecified atom stereocenters. The highest BCUT2D eigenvalue weighted by molar-refractivity contribution is 9.10. The molecule has 1 aromatic heterocycles. The van der Waals surface area contributed by atoms with Crippen molar-refractivity contribution in [3.63, 3.8) is 0 Å². The summed E-state index contributed by atoms with van der Waals surface area (Å²) in [6, 6.07) is 8.90. The number of halogens is 3. The Labute approximate surface area is 126 Å². The molecule has 0 saturated carbocycles. The van der Waals surface area contributed by atoms with Crippen LogP contribution in [-0.2, 0) is 0 Å². The largest absolute Gasteiger partial charge is 0.322 e. The van der Waals surface area contributed by atoms with E-state index in [1.165, 1.54) is 0 Å². The summed E-state index contributed by atoms with van der Waals surface area (Å²) >= 11 is 12.5. The van der Waals surface area contributed by atoms with Crippen molar-refractivity contribution in [3.05, 3.63) is 56.2 Å². The monoisotopic (exact) mass is 388 g/mol. The molecule has 1 aromatic carbocycles. The lowest BCUT2D eigenvalue weighted by Crippen LogP contribution is -2.12. The molecule has 6 heteroatoms. The first-order chi connectivity index (χ1) is 8.56. The van der Waals surface area contributed by atoms with E-state index in [2.05, 4.69) is 42.2 Å². The van der Waals surface area contributed by atoms with Gasteiger partial charge in [0, 0.05) is 20.8 Å². The lowest BCUT2D eigenvalue weighted by Gasteiger charge is -2.06. The Morgan fingerprint density at radius 1 is 1.17 bits per heavy atom. The van der Waals surface area contributed by atoms with Gasteiger partial charge < -0.3 is 5.32 Å². The third-order valence-corrected chi connectivity index (χ3v) is 3.42. The predicted octanol–water partition coefficient (Wildman–Crippen LogP) is 4.51. The summed E-state index contributed by atoms with van der Waals surface area (Å²) in [6.07, 6.45) is 1.54. The zero-order valence-electron chi connectivity index (χ0n) is 8.95. The summed E-state index contributed by atoms with van der Waals surface area (Å²) in [5.41, 5.74) is 1.02. The molecule has 3 nitrogen and oxygen atoms in total. The molecule has 1 heterocycles. The van der Waals surface area contributed by atoms with Crippen molar-refractivity contribution in [3.8, 4) is 0 Å². The zero-order chi connectivity index (χ0) is 13.1. The van der Waals surface area contributed by atoms with Crippen molar-refractivity contribution in [2.75, 3.05) is 5.32 Å². The first kappa shape index (κ1) is 13.5. The normalized spacial score (nSPS) is 10.2. The second-order valence-electron chi connectivity index (χ2n) is 3.45. The number of carbonyl (C=O) groups is 1. The number of benzene rings is 1. The number of pyridine rings is 1. The fourth-order valence-corrected chi connectivity index (χ4v) is 2.10. The molecule has 0 saturated heterocycles. The van der Waals surface area contributed by atoms with Gasteiger partial charge >= 0.3 is 0 Å². The maximum atomic E-state index is 12.0. The van der Waals surface area contributed by atoms with Gasteiger partial charge in [-0.2, -0.15) is 0 Å². The van der Waals surface area contributed by atoms with E-state index in [1.807, 2.05) is 12.1 Å². The molecule has 0 bridgehead atoms. The van der Waals surface area contributed by atoms with Crippen molar-refractivity contribution in [2.24, 2.45) is 0 Å². The molecule has 18 heavy (non-hydrogen) atoms. The van der Waals surface area contributed by atoms with E-state index >= 15 is 0 Å². The Kier molecular flexibility index (Phi) is 4.37. The molecule has 0 aliphatic carbocycles. The first-order valence-electron chi connectivity index (χ1n) is 4.94. The van der Waals surface area contributed by atoms with E-state index < -0.39 is 0 Å². The minimum atomic E-state index is -0.295. The summed E-state index contributed by atoms with van der Waals surface area (Å²) in [4.78, 5) is 15.9. The van der Waals surface area contributed by atoms with Crippen molar-refractivity contribution < 1.29 is 4.79 Å². The van der Waals surface area contributed by atoms with Crippen LogP contribution in [0.3, 0.4) is 0 Å². The van der Waals surface area contributed by atoms with Crippen LogP contribution in [0.5, 0.6) is 0 Å². The van der Waals surface area contributed by atoms with E-state index in [1.54, 1.807) is 24.4 Å². The van der Waals surface area contributed by atoms with Gasteiger partial charge in [0.05, 0.1) is 5.56 Å². The first-order valence-corrected chi connectivity index (χ1v) is 6.90. The molecule has 0 spiro atoms. The smallest absolute Gasteiger partial charge is 0.258 e. The second kappa shape index (κ2) is 5.82. The van der Waals surface area contributed by atoms with Gasteiger partial charge in [0.15, 0.2) is 0 Å². The number of carbonyl (C=O) groups excluding carboxylic acids is 1. The minimum Gasteiger partial charge on any atom is -0.322 e. The van der Waals surface area contributed by atoms with Gasteiger partial charge in [-0.25, -0.2) is 4.98 Å². The van der Waals surface area contributed by atoms with Crippen LogP contribution in [0.1, 0.15) is 10.4 Å². The molecule has 2 rings (SSSR count). The van der Waals surface area contributed by atoms with Crippen molar-refractivity contribution >= 4 is 55.1 Å². The molecule has 0 aliphatic rings. The van der Waals surface area contributed by atoms with E-state index in [0.29, 0.717) is 15.7 Å². The summed E-state index contributed by atoms with van der Waals surface area (Å²) in [5.74, 6) is -0.295. The molecule has 1 amide bonds. The van der Waals surface area contributed by atoms with Crippen LogP contribution < -0.4 is 5.32 Å². The van der Waals surface area contributed by atoms with Crippen LogP contribution >= 0.6 is 43.5 Å². The quantitative estimate of drug-likeness (QED) is 0.767. The van der Waals surface area contributed by atoms with Crippen LogP contribution in [0.2, 0.25) is 5.15 Å². The molecule has 92 valence electrons. The highest BCUT2D eigenvalue weighted by atomic mass is 79.9. The summed E-state index contributed by atoms with van der Waals surface area (Å²) in [5, 5.41) is 2.92. The fourth-order valence-electron chi connectivity index (χ4n) is 1.31. The maximum absolute atomic E-state index is 12.0. The van der Waals surface area contributed by atoms with Gasteiger partial charge in [-0.15, -0.1) is 0 Å². The maximum Gasteiger partial charge on any atom is 0.258 e. The Balaban J connectivity index is 2.21. The standard InChI is InChI=1S/C12H7Br2ClN2O/c13-7-1-3-9(4-2-7)17-12(18)10-5-8(14)6-16-11(10)15/h1-6H,(H,17,18). The number of hydrogen-bond donors (Lipinski definition) is 1. The second-order valence-corrected chi connectivity index (χ2v) is 5.64. The highest BCUT2D eigenvalue weighted by Crippen LogP contribution is 2.20. The summed E-state index contributed by atoms with van der Waals surface area (Å²) in [7, 11) is 0. The van der Waals surface area contributed by atoms with Gasteiger partial charge in [0.25, 0.3) is 5.91 Å².